The number of benzene rings is 1. The zero-order valence-electron chi connectivity index (χ0n) is 8.54. The number of carbonyl (C=O) groups is 1. The molecule has 0 fully saturated rings. The van der Waals surface area contributed by atoms with E-state index in [0.29, 0.717) is 5.69 Å². The van der Waals surface area contributed by atoms with E-state index in [0.717, 1.165) is 6.07 Å². The third-order valence-corrected chi connectivity index (χ3v) is 1.85. The second-order valence-electron chi connectivity index (χ2n) is 3.49. The van der Waals surface area contributed by atoms with Crippen LogP contribution in [0.15, 0.2) is 12.1 Å². The second kappa shape index (κ2) is 4.16. The number of nitrogen functional groups attached to an aromatic ring is 1. The molecule has 0 aromatic heterocycles. The molecular formula is C10H13FN2O2. The summed E-state index contributed by atoms with van der Waals surface area (Å²) in [6, 6.07) is 2.56. The van der Waals surface area contributed by atoms with E-state index in [1.54, 1.807) is 0 Å². The first-order valence-electron chi connectivity index (χ1n) is 4.51. The molecule has 0 saturated heterocycles. The smallest absolute Gasteiger partial charge is 0.340 e. The fraction of sp³-hybridized carbons (Fsp3) is 0.300. The quantitative estimate of drug-likeness (QED) is 0.669. The highest BCUT2D eigenvalue weighted by Crippen LogP contribution is 2.25. The molecule has 5 heteroatoms. The summed E-state index contributed by atoms with van der Waals surface area (Å²) in [5.74, 6) is -1.96. The SMILES string of the molecule is CC(C)Nc1ccc(F)c(N)c1C(=O)O. The third-order valence-electron chi connectivity index (χ3n) is 1.85. The molecule has 4 nitrogen and oxygen atoms in total. The molecule has 0 aliphatic rings. The van der Waals surface area contributed by atoms with Crippen LogP contribution in [0.5, 0.6) is 0 Å². The Balaban J connectivity index is 3.27. The molecule has 0 unspecified atom stereocenters. The second-order valence-corrected chi connectivity index (χ2v) is 3.49. The largest absolute Gasteiger partial charge is 0.478 e. The van der Waals surface area contributed by atoms with Crippen LogP contribution in [0.4, 0.5) is 15.8 Å². The van der Waals surface area contributed by atoms with Crippen molar-refractivity contribution in [2.24, 2.45) is 0 Å². The Bertz CT molecular complexity index is 391. The van der Waals surface area contributed by atoms with Gasteiger partial charge in [-0.05, 0) is 26.0 Å². The van der Waals surface area contributed by atoms with Crippen LogP contribution in [0.1, 0.15) is 24.2 Å². The van der Waals surface area contributed by atoms with Gasteiger partial charge in [-0.15, -0.1) is 0 Å². The number of carboxylic acid groups (broad SMARTS) is 1. The molecule has 0 heterocycles. The van der Waals surface area contributed by atoms with Gasteiger partial charge in [-0.1, -0.05) is 0 Å². The van der Waals surface area contributed by atoms with Gasteiger partial charge in [0.2, 0.25) is 0 Å². The van der Waals surface area contributed by atoms with Crippen LogP contribution in [0.2, 0.25) is 0 Å². The minimum Gasteiger partial charge on any atom is -0.478 e. The van der Waals surface area contributed by atoms with E-state index in [-0.39, 0.29) is 17.3 Å². The minimum absolute atomic E-state index is 0.0490. The normalized spacial score (nSPS) is 10.4. The van der Waals surface area contributed by atoms with Crippen molar-refractivity contribution in [1.29, 1.82) is 0 Å². The predicted molar refractivity (Wildman–Crippen MR) is 56.5 cm³/mol. The zero-order chi connectivity index (χ0) is 11.6. The maximum atomic E-state index is 13.0. The molecule has 15 heavy (non-hydrogen) atoms. The van der Waals surface area contributed by atoms with Crippen molar-refractivity contribution >= 4 is 17.3 Å². The summed E-state index contributed by atoms with van der Waals surface area (Å²) in [6.07, 6.45) is 0. The molecule has 4 N–H and O–H groups in total. The lowest BCUT2D eigenvalue weighted by Crippen LogP contribution is -2.15. The van der Waals surface area contributed by atoms with Gasteiger partial charge in [-0.3, -0.25) is 0 Å². The van der Waals surface area contributed by atoms with Crippen molar-refractivity contribution in [1.82, 2.24) is 0 Å². The molecule has 0 radical (unpaired) electrons. The van der Waals surface area contributed by atoms with E-state index in [1.807, 2.05) is 13.8 Å². The van der Waals surface area contributed by atoms with Gasteiger partial charge < -0.3 is 16.2 Å². The van der Waals surface area contributed by atoms with E-state index < -0.39 is 11.8 Å². The zero-order valence-corrected chi connectivity index (χ0v) is 8.54. The number of hydrogen-bond acceptors (Lipinski definition) is 3. The summed E-state index contributed by atoms with van der Waals surface area (Å²) in [5.41, 5.74) is 5.14. The lowest BCUT2D eigenvalue weighted by Gasteiger charge is -2.14. The van der Waals surface area contributed by atoms with Gasteiger partial charge in [0.1, 0.15) is 11.4 Å². The van der Waals surface area contributed by atoms with Crippen molar-refractivity contribution in [3.05, 3.63) is 23.5 Å². The van der Waals surface area contributed by atoms with E-state index >= 15 is 0 Å². The minimum atomic E-state index is -1.24. The van der Waals surface area contributed by atoms with E-state index in [4.69, 9.17) is 10.8 Å². The molecule has 1 aromatic carbocycles. The Morgan fingerprint density at radius 1 is 1.53 bits per heavy atom. The van der Waals surface area contributed by atoms with Gasteiger partial charge in [-0.2, -0.15) is 0 Å². The Hall–Kier alpha value is -1.78. The average molecular weight is 212 g/mol. The summed E-state index contributed by atoms with van der Waals surface area (Å²) in [4.78, 5) is 10.9. The summed E-state index contributed by atoms with van der Waals surface area (Å²) >= 11 is 0. The van der Waals surface area contributed by atoms with Crippen molar-refractivity contribution in [3.8, 4) is 0 Å². The molecule has 0 amide bonds. The fourth-order valence-corrected chi connectivity index (χ4v) is 1.26. The average Bonchev–Trinajstić information content (AvgIpc) is 2.10. The van der Waals surface area contributed by atoms with Crippen LogP contribution in [0, 0.1) is 5.82 Å². The van der Waals surface area contributed by atoms with Crippen LogP contribution in [0.25, 0.3) is 0 Å². The number of halogens is 1. The third kappa shape index (κ3) is 2.37. The molecule has 82 valence electrons. The molecule has 1 aromatic rings. The molecule has 0 spiro atoms. The number of nitrogens with one attached hydrogen (secondary N) is 1. The number of anilines is 2. The number of hydrogen-bond donors (Lipinski definition) is 3. The number of nitrogens with two attached hydrogens (primary N) is 1. The molecule has 0 atom stereocenters. The van der Waals surface area contributed by atoms with Crippen molar-refractivity contribution < 1.29 is 14.3 Å². The number of carboxylic acids is 1. The Morgan fingerprint density at radius 3 is 2.60 bits per heavy atom. The monoisotopic (exact) mass is 212 g/mol. The van der Waals surface area contributed by atoms with E-state index in [9.17, 15) is 9.18 Å². The highest BCUT2D eigenvalue weighted by atomic mass is 19.1. The predicted octanol–water partition coefficient (Wildman–Crippen LogP) is 1.93. The molecule has 0 bridgehead atoms. The topological polar surface area (TPSA) is 75.3 Å². The lowest BCUT2D eigenvalue weighted by atomic mass is 10.1. The van der Waals surface area contributed by atoms with Crippen LogP contribution < -0.4 is 11.1 Å². The first kappa shape index (κ1) is 11.3. The lowest BCUT2D eigenvalue weighted by molar-refractivity contribution is 0.0698. The van der Waals surface area contributed by atoms with Crippen molar-refractivity contribution in [2.45, 2.75) is 19.9 Å². The maximum absolute atomic E-state index is 13.0. The van der Waals surface area contributed by atoms with E-state index in [1.165, 1.54) is 6.07 Å². The van der Waals surface area contributed by atoms with Crippen LogP contribution in [-0.4, -0.2) is 17.1 Å². The molecule has 0 aliphatic heterocycles. The molecule has 0 aliphatic carbocycles. The van der Waals surface area contributed by atoms with Gasteiger partial charge in [0.15, 0.2) is 0 Å². The van der Waals surface area contributed by atoms with Crippen LogP contribution in [-0.2, 0) is 0 Å². The Morgan fingerprint density at radius 2 is 2.13 bits per heavy atom. The maximum Gasteiger partial charge on any atom is 0.340 e. The van der Waals surface area contributed by atoms with Gasteiger partial charge in [0, 0.05) is 6.04 Å². The van der Waals surface area contributed by atoms with Gasteiger partial charge in [0.05, 0.1) is 11.4 Å². The summed E-state index contributed by atoms with van der Waals surface area (Å²) in [6.45, 7) is 3.70. The molecule has 1 rings (SSSR count). The Kier molecular flexibility index (Phi) is 3.14. The van der Waals surface area contributed by atoms with Gasteiger partial charge in [0.25, 0.3) is 0 Å². The summed E-state index contributed by atoms with van der Waals surface area (Å²) in [5, 5.41) is 11.8. The summed E-state index contributed by atoms with van der Waals surface area (Å²) in [7, 11) is 0. The fourth-order valence-electron chi connectivity index (χ4n) is 1.26. The highest BCUT2D eigenvalue weighted by Gasteiger charge is 2.17. The van der Waals surface area contributed by atoms with Gasteiger partial charge >= 0.3 is 5.97 Å². The standard InChI is InChI=1S/C10H13FN2O2/c1-5(2)13-7-4-3-6(11)9(12)8(7)10(14)15/h3-5,13H,12H2,1-2H3,(H,14,15). The van der Waals surface area contributed by atoms with Crippen LogP contribution in [0.3, 0.4) is 0 Å². The van der Waals surface area contributed by atoms with Crippen LogP contribution >= 0.6 is 0 Å². The first-order chi connectivity index (χ1) is 6.93. The number of rotatable bonds is 3. The summed E-state index contributed by atoms with van der Waals surface area (Å²) < 4.78 is 13.0. The van der Waals surface area contributed by atoms with Crippen molar-refractivity contribution in [3.63, 3.8) is 0 Å². The van der Waals surface area contributed by atoms with Gasteiger partial charge in [-0.25, -0.2) is 9.18 Å². The molecule has 0 saturated carbocycles. The van der Waals surface area contributed by atoms with E-state index in [2.05, 4.69) is 5.32 Å². The Labute approximate surface area is 86.9 Å². The first-order valence-corrected chi connectivity index (χ1v) is 4.51. The highest BCUT2D eigenvalue weighted by molar-refractivity contribution is 6.00. The number of aromatic carboxylic acids is 1. The molecular weight excluding hydrogens is 199 g/mol. The van der Waals surface area contributed by atoms with Crippen molar-refractivity contribution in [2.75, 3.05) is 11.1 Å².